The van der Waals surface area contributed by atoms with Crippen molar-refractivity contribution >= 4 is 5.91 Å². The molecule has 0 aromatic carbocycles. The third-order valence-corrected chi connectivity index (χ3v) is 2.01. The number of nitrogens with one attached hydrogen (secondary N) is 1. The first-order chi connectivity index (χ1) is 6.17. The normalized spacial score (nSPS) is 12.6. The molecule has 4 nitrogen and oxygen atoms in total. The number of hydrogen-bond donors (Lipinski definition) is 2. The molecule has 78 valence electrons. The Bertz CT molecular complexity index is 147. The van der Waals surface area contributed by atoms with E-state index in [0.29, 0.717) is 6.54 Å². The van der Waals surface area contributed by atoms with E-state index >= 15 is 0 Å². The minimum absolute atomic E-state index is 0.0653. The van der Waals surface area contributed by atoms with Gasteiger partial charge in [0.1, 0.15) is 0 Å². The van der Waals surface area contributed by atoms with Gasteiger partial charge in [0.25, 0.3) is 0 Å². The number of aliphatic hydroxyl groups excluding tert-OH is 1. The van der Waals surface area contributed by atoms with Gasteiger partial charge in [0.2, 0.25) is 5.91 Å². The molecule has 0 aromatic heterocycles. The van der Waals surface area contributed by atoms with E-state index in [1.54, 1.807) is 4.90 Å². The van der Waals surface area contributed by atoms with Crippen LogP contribution in [0.15, 0.2) is 0 Å². The first-order valence-electron chi connectivity index (χ1n) is 4.80. The quantitative estimate of drug-likeness (QED) is 0.608. The summed E-state index contributed by atoms with van der Waals surface area (Å²) in [7, 11) is 0. The van der Waals surface area contributed by atoms with Crippen molar-refractivity contribution < 1.29 is 9.90 Å². The highest BCUT2D eigenvalue weighted by molar-refractivity contribution is 5.81. The van der Waals surface area contributed by atoms with Crippen molar-refractivity contribution in [3.8, 4) is 0 Å². The molecule has 0 aliphatic rings. The number of carbonyl (C=O) groups is 1. The highest BCUT2D eigenvalue weighted by atomic mass is 16.3. The molecule has 1 unspecified atom stereocenters. The molecule has 0 aliphatic carbocycles. The Balaban J connectivity index is 3.92. The number of aliphatic hydroxyl groups is 1. The second-order valence-electron chi connectivity index (χ2n) is 2.91. The van der Waals surface area contributed by atoms with E-state index in [4.69, 9.17) is 5.11 Å². The third kappa shape index (κ3) is 4.24. The van der Waals surface area contributed by atoms with Crippen molar-refractivity contribution in [3.63, 3.8) is 0 Å². The predicted octanol–water partition coefficient (Wildman–Crippen LogP) is -0.175. The summed E-state index contributed by atoms with van der Waals surface area (Å²) in [6.45, 7) is 7.74. The van der Waals surface area contributed by atoms with Gasteiger partial charge in [0.15, 0.2) is 0 Å². The lowest BCUT2D eigenvalue weighted by Gasteiger charge is -2.23. The van der Waals surface area contributed by atoms with E-state index in [0.717, 1.165) is 13.1 Å². The second kappa shape index (κ2) is 6.86. The van der Waals surface area contributed by atoms with Crippen LogP contribution in [0.3, 0.4) is 0 Å². The summed E-state index contributed by atoms with van der Waals surface area (Å²) in [5.74, 6) is 0.0958. The summed E-state index contributed by atoms with van der Waals surface area (Å²) in [5.41, 5.74) is 0. The largest absolute Gasteiger partial charge is 0.395 e. The molecule has 0 radical (unpaired) electrons. The van der Waals surface area contributed by atoms with Crippen molar-refractivity contribution in [1.29, 1.82) is 0 Å². The Morgan fingerprint density at radius 3 is 2.38 bits per heavy atom. The molecule has 0 saturated carbocycles. The Kier molecular flexibility index (Phi) is 6.54. The van der Waals surface area contributed by atoms with Gasteiger partial charge in [-0.2, -0.15) is 0 Å². The molecule has 0 heterocycles. The molecule has 0 aromatic rings. The average molecular weight is 188 g/mol. The van der Waals surface area contributed by atoms with E-state index in [9.17, 15) is 4.79 Å². The Hall–Kier alpha value is -0.610. The van der Waals surface area contributed by atoms with Crippen LogP contribution >= 0.6 is 0 Å². The molecule has 1 atom stereocenters. The fourth-order valence-corrected chi connectivity index (χ4v) is 1.18. The van der Waals surface area contributed by atoms with Gasteiger partial charge in [0, 0.05) is 19.6 Å². The molecule has 0 saturated heterocycles. The van der Waals surface area contributed by atoms with E-state index in [1.165, 1.54) is 0 Å². The van der Waals surface area contributed by atoms with E-state index in [-0.39, 0.29) is 18.6 Å². The van der Waals surface area contributed by atoms with Gasteiger partial charge in [-0.3, -0.25) is 4.79 Å². The lowest BCUT2D eigenvalue weighted by Crippen LogP contribution is -2.45. The maximum Gasteiger partial charge on any atom is 0.239 e. The first-order valence-corrected chi connectivity index (χ1v) is 4.80. The predicted molar refractivity (Wildman–Crippen MR) is 52.5 cm³/mol. The van der Waals surface area contributed by atoms with Crippen LogP contribution in [-0.4, -0.2) is 48.2 Å². The third-order valence-electron chi connectivity index (χ3n) is 2.01. The number of carbonyl (C=O) groups excluding carboxylic acids is 1. The minimum atomic E-state index is -0.202. The van der Waals surface area contributed by atoms with Gasteiger partial charge in [-0.1, -0.05) is 0 Å². The molecule has 0 bridgehead atoms. The molecule has 1 amide bonds. The van der Waals surface area contributed by atoms with Crippen molar-refractivity contribution in [2.45, 2.75) is 26.8 Å². The summed E-state index contributed by atoms with van der Waals surface area (Å²) >= 11 is 0. The van der Waals surface area contributed by atoms with E-state index in [2.05, 4.69) is 5.32 Å². The number of rotatable bonds is 6. The number of amides is 1. The summed E-state index contributed by atoms with van der Waals surface area (Å²) in [6.07, 6.45) is 0. The summed E-state index contributed by atoms with van der Waals surface area (Å²) in [5, 5.41) is 11.5. The van der Waals surface area contributed by atoms with Crippen LogP contribution in [0.25, 0.3) is 0 Å². The SMILES string of the molecule is CCN(CC)C(=O)C(C)NCCO. The van der Waals surface area contributed by atoms with Crippen LogP contribution in [-0.2, 0) is 4.79 Å². The highest BCUT2D eigenvalue weighted by Crippen LogP contribution is 1.93. The lowest BCUT2D eigenvalue weighted by atomic mass is 10.3. The van der Waals surface area contributed by atoms with Crippen molar-refractivity contribution in [3.05, 3.63) is 0 Å². The molecule has 13 heavy (non-hydrogen) atoms. The minimum Gasteiger partial charge on any atom is -0.395 e. The molecule has 0 fully saturated rings. The Labute approximate surface area is 79.9 Å². The van der Waals surface area contributed by atoms with Crippen LogP contribution in [0.5, 0.6) is 0 Å². The molecular formula is C9H20N2O2. The zero-order chi connectivity index (χ0) is 10.3. The van der Waals surface area contributed by atoms with Crippen molar-refractivity contribution in [1.82, 2.24) is 10.2 Å². The van der Waals surface area contributed by atoms with Crippen molar-refractivity contribution in [2.75, 3.05) is 26.2 Å². The van der Waals surface area contributed by atoms with Gasteiger partial charge in [-0.15, -0.1) is 0 Å². The highest BCUT2D eigenvalue weighted by Gasteiger charge is 2.16. The maximum absolute atomic E-state index is 11.6. The molecule has 0 aliphatic heterocycles. The second-order valence-corrected chi connectivity index (χ2v) is 2.91. The van der Waals surface area contributed by atoms with Crippen LogP contribution in [0, 0.1) is 0 Å². The van der Waals surface area contributed by atoms with E-state index < -0.39 is 0 Å². The zero-order valence-corrected chi connectivity index (χ0v) is 8.71. The fraction of sp³-hybridized carbons (Fsp3) is 0.889. The van der Waals surface area contributed by atoms with Crippen LogP contribution in [0.4, 0.5) is 0 Å². The smallest absolute Gasteiger partial charge is 0.239 e. The molecular weight excluding hydrogens is 168 g/mol. The van der Waals surface area contributed by atoms with Gasteiger partial charge in [-0.05, 0) is 20.8 Å². The average Bonchev–Trinajstić information content (AvgIpc) is 2.15. The van der Waals surface area contributed by atoms with Gasteiger partial charge in [-0.25, -0.2) is 0 Å². The Morgan fingerprint density at radius 2 is 2.00 bits per heavy atom. The summed E-state index contributed by atoms with van der Waals surface area (Å²) in [6, 6.07) is -0.202. The molecule has 0 rings (SSSR count). The van der Waals surface area contributed by atoms with Crippen molar-refractivity contribution in [2.24, 2.45) is 0 Å². The summed E-state index contributed by atoms with van der Waals surface area (Å²) < 4.78 is 0. The monoisotopic (exact) mass is 188 g/mol. The number of likely N-dealkylation sites (N-methyl/N-ethyl adjacent to an activating group) is 1. The number of nitrogens with zero attached hydrogens (tertiary/aromatic N) is 1. The standard InChI is InChI=1S/C9H20N2O2/c1-4-11(5-2)9(13)8(3)10-6-7-12/h8,10,12H,4-7H2,1-3H3. The topological polar surface area (TPSA) is 52.6 Å². The summed E-state index contributed by atoms with van der Waals surface area (Å²) in [4.78, 5) is 13.4. The van der Waals surface area contributed by atoms with Gasteiger partial charge in [0.05, 0.1) is 12.6 Å². The van der Waals surface area contributed by atoms with Gasteiger partial charge < -0.3 is 15.3 Å². The first kappa shape index (κ1) is 12.4. The molecule has 2 N–H and O–H groups in total. The van der Waals surface area contributed by atoms with Crippen LogP contribution in [0.2, 0.25) is 0 Å². The molecule has 4 heteroatoms. The maximum atomic E-state index is 11.6. The zero-order valence-electron chi connectivity index (χ0n) is 8.71. The Morgan fingerprint density at radius 1 is 1.46 bits per heavy atom. The lowest BCUT2D eigenvalue weighted by molar-refractivity contribution is -0.132. The van der Waals surface area contributed by atoms with Crippen LogP contribution < -0.4 is 5.32 Å². The van der Waals surface area contributed by atoms with Gasteiger partial charge >= 0.3 is 0 Å². The van der Waals surface area contributed by atoms with E-state index in [1.807, 2.05) is 20.8 Å². The van der Waals surface area contributed by atoms with Crippen LogP contribution in [0.1, 0.15) is 20.8 Å². The number of hydrogen-bond acceptors (Lipinski definition) is 3. The fourth-order valence-electron chi connectivity index (χ4n) is 1.18. The molecule has 0 spiro atoms.